The molecule has 10 heteroatoms. The van der Waals surface area contributed by atoms with Crippen LogP contribution in [0, 0.1) is 5.82 Å². The van der Waals surface area contributed by atoms with Gasteiger partial charge < -0.3 is 14.2 Å². The van der Waals surface area contributed by atoms with Crippen molar-refractivity contribution in [3.63, 3.8) is 0 Å². The number of hydrogen-bond donors (Lipinski definition) is 0. The third-order valence-corrected chi connectivity index (χ3v) is 6.73. The fraction of sp³-hybridized carbons (Fsp3) is 0.190. The predicted octanol–water partition coefficient (Wildman–Crippen LogP) is 5.14. The summed E-state index contributed by atoms with van der Waals surface area (Å²) in [6, 6.07) is 7.49. The number of esters is 1. The van der Waals surface area contributed by atoms with Gasteiger partial charge in [-0.25, -0.2) is 18.3 Å². The van der Waals surface area contributed by atoms with Gasteiger partial charge in [0, 0.05) is 26.7 Å². The molecule has 0 fully saturated rings. The van der Waals surface area contributed by atoms with Gasteiger partial charge in [0.1, 0.15) is 17.1 Å². The number of nitrogens with zero attached hydrogens (tertiary/aromatic N) is 2. The van der Waals surface area contributed by atoms with Crippen LogP contribution in [-0.4, -0.2) is 37.9 Å². The van der Waals surface area contributed by atoms with Crippen molar-refractivity contribution in [1.82, 2.24) is 4.98 Å². The molecule has 3 aromatic rings. The monoisotopic (exact) mass is 506 g/mol. The Balaban J connectivity index is 1.90. The van der Waals surface area contributed by atoms with Gasteiger partial charge in [-0.15, -0.1) is 0 Å². The van der Waals surface area contributed by atoms with E-state index in [9.17, 15) is 14.0 Å². The molecule has 0 saturated carbocycles. The first-order chi connectivity index (χ1) is 14.9. The smallest absolute Gasteiger partial charge is 0.424 e. The highest BCUT2D eigenvalue weighted by molar-refractivity contribution is 9.10. The van der Waals surface area contributed by atoms with Crippen molar-refractivity contribution in [2.75, 3.05) is 25.1 Å². The van der Waals surface area contributed by atoms with Crippen LogP contribution < -0.4 is 9.04 Å². The van der Waals surface area contributed by atoms with Crippen LogP contribution in [0.15, 0.2) is 45.9 Å². The van der Waals surface area contributed by atoms with Crippen molar-refractivity contribution in [3.05, 3.63) is 57.9 Å². The maximum Gasteiger partial charge on any atom is 0.424 e. The fourth-order valence-electron chi connectivity index (χ4n) is 3.33. The van der Waals surface area contributed by atoms with E-state index in [1.165, 1.54) is 36.7 Å². The van der Waals surface area contributed by atoms with Crippen molar-refractivity contribution in [3.8, 4) is 5.75 Å². The van der Waals surface area contributed by atoms with Gasteiger partial charge in [0.15, 0.2) is 0 Å². The number of ether oxygens (including phenoxy) is 3. The Morgan fingerprint density at radius 3 is 2.74 bits per heavy atom. The van der Waals surface area contributed by atoms with Crippen molar-refractivity contribution in [2.45, 2.75) is 11.3 Å². The molecule has 160 valence electrons. The third kappa shape index (κ3) is 3.92. The largest absolute Gasteiger partial charge is 0.491 e. The average molecular weight is 507 g/mol. The highest BCUT2D eigenvalue weighted by atomic mass is 79.9. The number of benzene rings is 2. The van der Waals surface area contributed by atoms with Gasteiger partial charge in [0.2, 0.25) is 0 Å². The van der Waals surface area contributed by atoms with Crippen LogP contribution in [0.3, 0.4) is 0 Å². The molecule has 1 aromatic heterocycles. The Kier molecular flexibility index (Phi) is 6.01. The second-order valence-corrected chi connectivity index (χ2v) is 8.32. The summed E-state index contributed by atoms with van der Waals surface area (Å²) in [6.07, 6.45) is 1.52. The van der Waals surface area contributed by atoms with Crippen LogP contribution in [0.4, 0.5) is 14.9 Å². The average Bonchev–Trinajstić information content (AvgIpc) is 3.26. The number of rotatable bonds is 4. The summed E-state index contributed by atoms with van der Waals surface area (Å²) in [6.45, 7) is 0.536. The molecule has 0 bridgehead atoms. The van der Waals surface area contributed by atoms with Gasteiger partial charge in [-0.05, 0) is 52.1 Å². The molecule has 2 aromatic carbocycles. The number of carbonyl (C=O) groups excluding carboxylic acids is 2. The molecule has 2 heterocycles. The van der Waals surface area contributed by atoms with Crippen molar-refractivity contribution in [1.29, 1.82) is 0 Å². The number of halogens is 2. The van der Waals surface area contributed by atoms with Gasteiger partial charge in [0.05, 0.1) is 38.2 Å². The number of pyridine rings is 1. The SMILES string of the molecule is COC(=O)c1c(N(Sc2ccc(F)cc2Br)C(=O)OC)ccc2c3c(cnc12)OCC3. The normalized spacial score (nSPS) is 12.3. The van der Waals surface area contributed by atoms with E-state index in [0.717, 1.165) is 22.9 Å². The molecule has 0 atom stereocenters. The Hall–Kier alpha value is -2.85. The van der Waals surface area contributed by atoms with Crippen molar-refractivity contribution < 1.29 is 28.2 Å². The second kappa shape index (κ2) is 8.72. The van der Waals surface area contributed by atoms with Crippen LogP contribution in [0.1, 0.15) is 15.9 Å². The zero-order valence-electron chi connectivity index (χ0n) is 16.5. The highest BCUT2D eigenvalue weighted by Crippen LogP contribution is 2.40. The van der Waals surface area contributed by atoms with Crippen molar-refractivity contribution in [2.24, 2.45) is 0 Å². The van der Waals surface area contributed by atoms with Gasteiger partial charge in [-0.3, -0.25) is 4.98 Å². The molecular formula is C21H16BrFN2O5S. The molecule has 0 spiro atoms. The van der Waals surface area contributed by atoms with E-state index in [1.807, 2.05) is 0 Å². The maximum atomic E-state index is 13.5. The summed E-state index contributed by atoms with van der Waals surface area (Å²) in [4.78, 5) is 30.4. The molecular weight excluding hydrogens is 491 g/mol. The van der Waals surface area contributed by atoms with Gasteiger partial charge in [-0.1, -0.05) is 6.07 Å². The van der Waals surface area contributed by atoms with E-state index in [1.54, 1.807) is 18.3 Å². The summed E-state index contributed by atoms with van der Waals surface area (Å²) in [5.74, 6) is -0.410. The van der Waals surface area contributed by atoms with Crippen LogP contribution in [0.5, 0.6) is 5.75 Å². The Morgan fingerprint density at radius 1 is 1.23 bits per heavy atom. The zero-order chi connectivity index (χ0) is 22.1. The van der Waals surface area contributed by atoms with E-state index in [0.29, 0.717) is 33.7 Å². The Bertz CT molecular complexity index is 1210. The topological polar surface area (TPSA) is 78.0 Å². The quantitative estimate of drug-likeness (QED) is 0.358. The number of amides is 1. The summed E-state index contributed by atoms with van der Waals surface area (Å²) in [5.41, 5.74) is 1.69. The zero-order valence-corrected chi connectivity index (χ0v) is 18.9. The van der Waals surface area contributed by atoms with E-state index < -0.39 is 17.9 Å². The second-order valence-electron chi connectivity index (χ2n) is 6.48. The van der Waals surface area contributed by atoms with E-state index >= 15 is 0 Å². The minimum absolute atomic E-state index is 0.117. The number of carbonyl (C=O) groups is 2. The van der Waals surface area contributed by atoms with E-state index in [4.69, 9.17) is 14.2 Å². The lowest BCUT2D eigenvalue weighted by molar-refractivity contribution is 0.0603. The highest BCUT2D eigenvalue weighted by Gasteiger charge is 2.29. The molecule has 1 amide bonds. The minimum atomic E-state index is -0.727. The minimum Gasteiger partial charge on any atom is -0.491 e. The van der Waals surface area contributed by atoms with E-state index in [2.05, 4.69) is 20.9 Å². The van der Waals surface area contributed by atoms with Crippen molar-refractivity contribution >= 4 is 56.5 Å². The number of aromatic nitrogens is 1. The molecule has 0 saturated heterocycles. The molecule has 0 unspecified atom stereocenters. The first kappa shape index (κ1) is 21.4. The number of methoxy groups -OCH3 is 2. The lowest BCUT2D eigenvalue weighted by Gasteiger charge is -2.23. The first-order valence-electron chi connectivity index (χ1n) is 9.11. The maximum absolute atomic E-state index is 13.5. The van der Waals surface area contributed by atoms with E-state index in [-0.39, 0.29) is 11.3 Å². The van der Waals surface area contributed by atoms with Crippen LogP contribution in [0.25, 0.3) is 10.9 Å². The molecule has 0 radical (unpaired) electrons. The fourth-order valence-corrected chi connectivity index (χ4v) is 4.76. The lowest BCUT2D eigenvalue weighted by atomic mass is 10.0. The molecule has 31 heavy (non-hydrogen) atoms. The predicted molar refractivity (Wildman–Crippen MR) is 117 cm³/mol. The molecule has 1 aliphatic heterocycles. The first-order valence-corrected chi connectivity index (χ1v) is 10.7. The molecule has 1 aliphatic rings. The summed E-state index contributed by atoms with van der Waals surface area (Å²) >= 11 is 4.27. The van der Waals surface area contributed by atoms with Crippen LogP contribution in [-0.2, 0) is 15.9 Å². The summed E-state index contributed by atoms with van der Waals surface area (Å²) in [7, 11) is 2.49. The number of anilines is 1. The molecule has 4 rings (SSSR count). The number of hydrogen-bond acceptors (Lipinski definition) is 7. The third-order valence-electron chi connectivity index (χ3n) is 4.73. The standard InChI is InChI=1S/C21H16BrFN2O5S/c1-28-20(26)18-15(5-4-13-12-7-8-30-16(12)10-24-19(13)18)25(21(27)29-2)31-17-6-3-11(23)9-14(17)22/h3-6,9-10H,7-8H2,1-2H3. The molecule has 0 aliphatic carbocycles. The van der Waals surface area contributed by atoms with Gasteiger partial charge in [-0.2, -0.15) is 0 Å². The Morgan fingerprint density at radius 2 is 2.03 bits per heavy atom. The Labute approximate surface area is 189 Å². The van der Waals surface area contributed by atoms with Crippen LogP contribution in [0.2, 0.25) is 0 Å². The molecule has 7 nitrogen and oxygen atoms in total. The van der Waals surface area contributed by atoms with Crippen LogP contribution >= 0.6 is 27.9 Å². The van der Waals surface area contributed by atoms with Gasteiger partial charge in [0.25, 0.3) is 0 Å². The molecule has 0 N–H and O–H groups in total. The number of fused-ring (bicyclic) bond motifs is 3. The summed E-state index contributed by atoms with van der Waals surface area (Å²) in [5, 5.41) is 0.747. The van der Waals surface area contributed by atoms with Gasteiger partial charge >= 0.3 is 12.1 Å². The lowest BCUT2D eigenvalue weighted by Crippen LogP contribution is -2.26. The summed E-state index contributed by atoms with van der Waals surface area (Å²) < 4.78 is 30.7.